The van der Waals surface area contributed by atoms with Crippen LogP contribution in [0.2, 0.25) is 0 Å². The van der Waals surface area contributed by atoms with Crippen LogP contribution in [-0.2, 0) is 12.8 Å². The number of nitrogens with zero attached hydrogens (tertiary/aromatic N) is 1. The van der Waals surface area contributed by atoms with E-state index >= 15 is 0 Å². The number of methoxy groups -OCH3 is 4. The first-order valence-electron chi connectivity index (χ1n) is 9.49. The smallest absolute Gasteiger partial charge is 0.318 e. The predicted octanol–water partition coefficient (Wildman–Crippen LogP) is 1.96. The lowest BCUT2D eigenvalue weighted by Crippen LogP contribution is -3.10. The number of nitro benzene ring substituents is 1. The predicted molar refractivity (Wildman–Crippen MR) is 107 cm³/mol. The molecule has 0 saturated carbocycles. The Balaban J connectivity index is 2.14. The molecular weight excluding hydrogens is 376 g/mol. The molecule has 0 spiro atoms. The van der Waals surface area contributed by atoms with Crippen LogP contribution in [0.3, 0.4) is 0 Å². The van der Waals surface area contributed by atoms with Gasteiger partial charge in [0.1, 0.15) is 6.04 Å². The molecule has 0 amide bonds. The number of hydrogen-bond donors (Lipinski definition) is 1. The minimum Gasteiger partial charge on any atom is -0.493 e. The highest BCUT2D eigenvalue weighted by Crippen LogP contribution is 2.55. The Morgan fingerprint density at radius 3 is 2.28 bits per heavy atom. The first-order chi connectivity index (χ1) is 14.0. The van der Waals surface area contributed by atoms with Crippen LogP contribution < -0.4 is 23.8 Å². The van der Waals surface area contributed by atoms with E-state index in [4.69, 9.17) is 18.9 Å². The highest BCUT2D eigenvalue weighted by atomic mass is 16.6. The first-order valence-corrected chi connectivity index (χ1v) is 9.49. The summed E-state index contributed by atoms with van der Waals surface area (Å²) in [6.07, 6.45) is 1.37. The summed E-state index contributed by atoms with van der Waals surface area (Å²) in [5.41, 5.74) is 4.65. The molecule has 4 rings (SSSR count). The molecule has 1 unspecified atom stereocenters. The summed E-state index contributed by atoms with van der Waals surface area (Å²) in [5, 5.41) is 12.0. The van der Waals surface area contributed by atoms with E-state index in [2.05, 4.69) is 7.05 Å². The molecule has 154 valence electrons. The van der Waals surface area contributed by atoms with Crippen molar-refractivity contribution < 1.29 is 28.8 Å². The maximum Gasteiger partial charge on any atom is 0.318 e. The monoisotopic (exact) mass is 401 g/mol. The van der Waals surface area contributed by atoms with Crippen LogP contribution in [0.5, 0.6) is 23.0 Å². The molecule has 2 aliphatic rings. The third-order valence-corrected chi connectivity index (χ3v) is 6.13. The number of quaternary nitrogens is 1. The molecular formula is C21H25N2O6+. The second-order valence-electron chi connectivity index (χ2n) is 7.41. The molecule has 29 heavy (non-hydrogen) atoms. The maximum atomic E-state index is 12.0. The van der Waals surface area contributed by atoms with Gasteiger partial charge in [-0.05, 0) is 23.3 Å². The SMILES string of the molecule is COc1cc2c(cc1OC)-c1c(OC)c(OC)c([N+](=O)[O-])c3c1[C@H](C2)[NH+](C)CC3. The third kappa shape index (κ3) is 2.70. The lowest BCUT2D eigenvalue weighted by atomic mass is 9.75. The lowest BCUT2D eigenvalue weighted by Gasteiger charge is -2.38. The van der Waals surface area contributed by atoms with Crippen molar-refractivity contribution in [2.75, 3.05) is 42.0 Å². The van der Waals surface area contributed by atoms with Crippen LogP contribution in [-0.4, -0.2) is 47.0 Å². The molecule has 8 heteroatoms. The summed E-state index contributed by atoms with van der Waals surface area (Å²) in [6.45, 7) is 0.816. The van der Waals surface area contributed by atoms with Crippen molar-refractivity contribution in [1.29, 1.82) is 0 Å². The molecule has 2 atom stereocenters. The fourth-order valence-electron chi connectivity index (χ4n) is 4.80. The molecule has 1 heterocycles. The van der Waals surface area contributed by atoms with Crippen molar-refractivity contribution in [3.63, 3.8) is 0 Å². The van der Waals surface area contributed by atoms with Crippen molar-refractivity contribution in [3.8, 4) is 34.1 Å². The minimum atomic E-state index is -0.348. The second-order valence-corrected chi connectivity index (χ2v) is 7.41. The van der Waals surface area contributed by atoms with Gasteiger partial charge in [0.2, 0.25) is 5.75 Å². The Kier molecular flexibility index (Phi) is 4.74. The van der Waals surface area contributed by atoms with Gasteiger partial charge in [0, 0.05) is 29.5 Å². The number of benzene rings is 2. The van der Waals surface area contributed by atoms with Crippen molar-refractivity contribution in [3.05, 3.63) is 38.9 Å². The van der Waals surface area contributed by atoms with Crippen LogP contribution in [0, 0.1) is 10.1 Å². The van der Waals surface area contributed by atoms with Gasteiger partial charge in [0.25, 0.3) is 0 Å². The van der Waals surface area contributed by atoms with Gasteiger partial charge in [0.05, 0.1) is 47.0 Å². The largest absolute Gasteiger partial charge is 0.493 e. The molecule has 0 fully saturated rings. The Morgan fingerprint density at radius 1 is 1.03 bits per heavy atom. The van der Waals surface area contributed by atoms with Gasteiger partial charge in [-0.25, -0.2) is 0 Å². The van der Waals surface area contributed by atoms with Crippen molar-refractivity contribution in [1.82, 2.24) is 0 Å². The molecule has 0 saturated heterocycles. The van der Waals surface area contributed by atoms with Crippen LogP contribution >= 0.6 is 0 Å². The molecule has 0 bridgehead atoms. The maximum absolute atomic E-state index is 12.0. The molecule has 0 aromatic heterocycles. The fraction of sp³-hybridized carbons (Fsp3) is 0.429. The first kappa shape index (κ1) is 19.3. The summed E-state index contributed by atoms with van der Waals surface area (Å²) in [5.74, 6) is 1.84. The van der Waals surface area contributed by atoms with Gasteiger partial charge < -0.3 is 23.8 Å². The van der Waals surface area contributed by atoms with Gasteiger partial charge in [0.15, 0.2) is 17.2 Å². The van der Waals surface area contributed by atoms with Gasteiger partial charge in [-0.2, -0.15) is 0 Å². The van der Waals surface area contributed by atoms with Crippen LogP contribution in [0.25, 0.3) is 11.1 Å². The quantitative estimate of drug-likeness (QED) is 0.609. The van der Waals surface area contributed by atoms with Gasteiger partial charge >= 0.3 is 5.69 Å². The fourth-order valence-corrected chi connectivity index (χ4v) is 4.80. The Hall–Kier alpha value is -3.00. The van der Waals surface area contributed by atoms with Crippen molar-refractivity contribution >= 4 is 5.69 Å². The van der Waals surface area contributed by atoms with E-state index in [1.54, 1.807) is 14.2 Å². The summed E-state index contributed by atoms with van der Waals surface area (Å²) < 4.78 is 22.2. The average Bonchev–Trinajstić information content (AvgIpc) is 2.73. The van der Waals surface area contributed by atoms with Crippen LogP contribution in [0.15, 0.2) is 12.1 Å². The van der Waals surface area contributed by atoms with E-state index in [0.717, 1.165) is 40.8 Å². The lowest BCUT2D eigenvalue weighted by molar-refractivity contribution is -0.914. The molecule has 1 aliphatic heterocycles. The van der Waals surface area contributed by atoms with E-state index in [0.29, 0.717) is 23.7 Å². The summed E-state index contributed by atoms with van der Waals surface area (Å²) in [6, 6.07) is 4.02. The van der Waals surface area contributed by atoms with Crippen molar-refractivity contribution in [2.45, 2.75) is 18.9 Å². The van der Waals surface area contributed by atoms with E-state index < -0.39 is 0 Å². The summed E-state index contributed by atoms with van der Waals surface area (Å²) >= 11 is 0. The summed E-state index contributed by atoms with van der Waals surface area (Å²) in [7, 11) is 8.31. The second kappa shape index (κ2) is 7.11. The molecule has 2 aromatic carbocycles. The Labute approximate surface area is 169 Å². The Morgan fingerprint density at radius 2 is 1.69 bits per heavy atom. The molecule has 0 radical (unpaired) electrons. The number of hydrogen-bond acceptors (Lipinski definition) is 6. The standard InChI is InChI=1S/C21H24N2O6/c1-22-7-6-12-17-14(22)8-11-9-15(26-2)16(27-3)10-13(11)18(17)20(28-4)21(29-5)19(12)23(24)25/h9-10,14H,6-8H2,1-5H3/p+1/t14-/m0/s1. The average molecular weight is 401 g/mol. The number of fused-ring (bicyclic) bond motifs is 2. The molecule has 2 aromatic rings. The van der Waals surface area contributed by atoms with E-state index in [9.17, 15) is 10.1 Å². The minimum absolute atomic E-state index is 0.0181. The highest BCUT2D eigenvalue weighted by molar-refractivity contribution is 5.88. The van der Waals surface area contributed by atoms with Gasteiger partial charge in [-0.1, -0.05) is 0 Å². The number of ether oxygens (including phenoxy) is 4. The molecule has 8 nitrogen and oxygen atoms in total. The zero-order valence-corrected chi connectivity index (χ0v) is 17.3. The highest BCUT2D eigenvalue weighted by Gasteiger charge is 2.44. The zero-order valence-electron chi connectivity index (χ0n) is 17.3. The molecule has 1 aliphatic carbocycles. The van der Waals surface area contributed by atoms with Gasteiger partial charge in [-0.15, -0.1) is 0 Å². The number of likely N-dealkylation sites (N-methyl/N-ethyl adjacent to an activating group) is 1. The number of nitro groups is 1. The van der Waals surface area contributed by atoms with E-state index in [-0.39, 0.29) is 22.4 Å². The van der Waals surface area contributed by atoms with Crippen molar-refractivity contribution in [2.24, 2.45) is 0 Å². The van der Waals surface area contributed by atoms with Crippen LogP contribution in [0.1, 0.15) is 22.7 Å². The third-order valence-electron chi connectivity index (χ3n) is 6.13. The normalized spacial score (nSPS) is 19.1. The van der Waals surface area contributed by atoms with Gasteiger partial charge in [-0.3, -0.25) is 10.1 Å². The Bertz CT molecular complexity index is 1000. The number of nitrogens with one attached hydrogen (secondary N) is 1. The topological polar surface area (TPSA) is 84.5 Å². The van der Waals surface area contributed by atoms with E-state index in [1.807, 2.05) is 12.1 Å². The van der Waals surface area contributed by atoms with Crippen LogP contribution in [0.4, 0.5) is 5.69 Å². The number of rotatable bonds is 5. The zero-order chi connectivity index (χ0) is 20.9. The summed E-state index contributed by atoms with van der Waals surface area (Å²) in [4.78, 5) is 13.0. The van der Waals surface area contributed by atoms with E-state index in [1.165, 1.54) is 19.1 Å². The molecule has 1 N–H and O–H groups in total.